The van der Waals surface area contributed by atoms with Crippen LogP contribution in [-0.4, -0.2) is 15.0 Å². The molecule has 0 bridgehead atoms. The topological polar surface area (TPSA) is 79.2 Å². The van der Waals surface area contributed by atoms with Gasteiger partial charge in [0, 0.05) is 0 Å². The second-order valence-electron chi connectivity index (χ2n) is 6.02. The molecule has 0 aliphatic carbocycles. The minimum absolute atomic E-state index is 0.0208. The van der Waals surface area contributed by atoms with Crippen molar-refractivity contribution in [1.29, 1.82) is 5.26 Å². The first-order valence-corrected chi connectivity index (χ1v) is 10.0. The molecule has 0 aliphatic rings. The number of hydrogen-bond acceptors (Lipinski definition) is 4. The molecule has 148 valence electrons. The van der Waals surface area contributed by atoms with Gasteiger partial charge in [-0.15, -0.1) is 0 Å². The third-order valence-corrected chi connectivity index (χ3v) is 5.62. The smallest absolute Gasteiger partial charge is 0.387 e. The standard InChI is InChI=1S/C21H16F2N2O3S/c22-21(23)28-18-12-10-16(11-13-18)20(15-6-2-1-3-7-15)25-29(26,27)19-9-5-4-8-17(19)14-24/h1-13,20-21,25H/t20-/m0/s1. The molecule has 3 aromatic carbocycles. The van der Waals surface area contributed by atoms with Crippen LogP contribution >= 0.6 is 0 Å². The largest absolute Gasteiger partial charge is 0.435 e. The molecule has 0 heterocycles. The Hall–Kier alpha value is -3.28. The summed E-state index contributed by atoms with van der Waals surface area (Å²) in [6.45, 7) is -2.95. The summed E-state index contributed by atoms with van der Waals surface area (Å²) in [4.78, 5) is -0.138. The number of halogens is 2. The number of nitriles is 1. The van der Waals surface area contributed by atoms with Gasteiger partial charge in [0.1, 0.15) is 11.8 Å². The van der Waals surface area contributed by atoms with E-state index in [0.717, 1.165) is 0 Å². The second-order valence-corrected chi connectivity index (χ2v) is 7.70. The summed E-state index contributed by atoms with van der Waals surface area (Å²) in [6, 6.07) is 21.4. The quantitative estimate of drug-likeness (QED) is 0.628. The minimum atomic E-state index is -4.05. The van der Waals surface area contributed by atoms with E-state index in [-0.39, 0.29) is 16.2 Å². The van der Waals surface area contributed by atoms with Crippen molar-refractivity contribution in [3.63, 3.8) is 0 Å². The van der Waals surface area contributed by atoms with Crippen LogP contribution in [-0.2, 0) is 10.0 Å². The maximum absolute atomic E-state index is 13.0. The van der Waals surface area contributed by atoms with Crippen LogP contribution in [0.3, 0.4) is 0 Å². The van der Waals surface area contributed by atoms with Crippen molar-refractivity contribution in [2.24, 2.45) is 0 Å². The fourth-order valence-corrected chi connectivity index (χ4v) is 4.20. The molecule has 8 heteroatoms. The van der Waals surface area contributed by atoms with Gasteiger partial charge in [-0.05, 0) is 35.4 Å². The number of nitrogens with zero attached hydrogens (tertiary/aromatic N) is 1. The molecule has 0 saturated heterocycles. The van der Waals surface area contributed by atoms with Crippen molar-refractivity contribution in [2.45, 2.75) is 17.5 Å². The van der Waals surface area contributed by atoms with Gasteiger partial charge in [-0.2, -0.15) is 18.8 Å². The summed E-state index contributed by atoms with van der Waals surface area (Å²) >= 11 is 0. The minimum Gasteiger partial charge on any atom is -0.435 e. The molecule has 0 aliphatic heterocycles. The number of alkyl halides is 2. The lowest BCUT2D eigenvalue weighted by Crippen LogP contribution is -2.30. The summed E-state index contributed by atoms with van der Waals surface area (Å²) in [6.07, 6.45) is 0. The van der Waals surface area contributed by atoms with E-state index in [1.54, 1.807) is 36.4 Å². The highest BCUT2D eigenvalue weighted by Gasteiger charge is 2.25. The summed E-state index contributed by atoms with van der Waals surface area (Å²) < 4.78 is 57.7. The van der Waals surface area contributed by atoms with Crippen LogP contribution in [0.25, 0.3) is 0 Å². The number of hydrogen-bond donors (Lipinski definition) is 1. The summed E-state index contributed by atoms with van der Waals surface area (Å²) in [5.74, 6) is -0.0340. The Balaban J connectivity index is 2.00. The van der Waals surface area contributed by atoms with Crippen LogP contribution in [0, 0.1) is 11.3 Å². The van der Waals surface area contributed by atoms with E-state index >= 15 is 0 Å². The molecule has 1 N–H and O–H groups in total. The van der Waals surface area contributed by atoms with Crippen molar-refractivity contribution in [2.75, 3.05) is 0 Å². The Labute approximate surface area is 167 Å². The molecule has 3 rings (SSSR count). The number of benzene rings is 3. The SMILES string of the molecule is N#Cc1ccccc1S(=O)(=O)N[C@@H](c1ccccc1)c1ccc(OC(F)F)cc1. The molecule has 0 unspecified atom stereocenters. The van der Waals surface area contributed by atoms with Gasteiger partial charge in [0.15, 0.2) is 0 Å². The van der Waals surface area contributed by atoms with Crippen molar-refractivity contribution < 1.29 is 21.9 Å². The van der Waals surface area contributed by atoms with E-state index < -0.39 is 22.7 Å². The Morgan fingerprint density at radius 1 is 0.862 bits per heavy atom. The third-order valence-electron chi connectivity index (χ3n) is 4.14. The molecule has 29 heavy (non-hydrogen) atoms. The Kier molecular flexibility index (Phi) is 6.22. The predicted octanol–water partition coefficient (Wildman–Crippen LogP) is 4.23. The lowest BCUT2D eigenvalue weighted by atomic mass is 10.00. The van der Waals surface area contributed by atoms with Gasteiger partial charge in [0.2, 0.25) is 10.0 Å². The first-order valence-electron chi connectivity index (χ1n) is 8.52. The fourth-order valence-electron chi connectivity index (χ4n) is 2.83. The van der Waals surface area contributed by atoms with Crippen molar-refractivity contribution >= 4 is 10.0 Å². The van der Waals surface area contributed by atoms with Crippen LogP contribution in [0.15, 0.2) is 83.8 Å². The van der Waals surface area contributed by atoms with E-state index in [1.807, 2.05) is 6.07 Å². The van der Waals surface area contributed by atoms with E-state index in [0.29, 0.717) is 11.1 Å². The first-order chi connectivity index (χ1) is 13.9. The van der Waals surface area contributed by atoms with Crippen molar-refractivity contribution in [1.82, 2.24) is 4.72 Å². The average Bonchev–Trinajstić information content (AvgIpc) is 2.73. The fraction of sp³-hybridized carbons (Fsp3) is 0.0952. The van der Waals surface area contributed by atoms with Crippen molar-refractivity contribution in [3.8, 4) is 11.8 Å². The first kappa shape index (κ1) is 20.5. The Morgan fingerprint density at radius 2 is 1.45 bits per heavy atom. The third kappa shape index (κ3) is 4.96. The van der Waals surface area contributed by atoms with E-state index in [1.165, 1.54) is 42.5 Å². The van der Waals surface area contributed by atoms with Gasteiger partial charge in [0.25, 0.3) is 0 Å². The predicted molar refractivity (Wildman–Crippen MR) is 103 cm³/mol. The van der Waals surface area contributed by atoms with Gasteiger partial charge < -0.3 is 4.74 Å². The zero-order chi connectivity index (χ0) is 20.9. The summed E-state index contributed by atoms with van der Waals surface area (Å²) in [7, 11) is -4.05. The molecule has 0 saturated carbocycles. The Bertz CT molecular complexity index is 1110. The molecule has 0 spiro atoms. The highest BCUT2D eigenvalue weighted by atomic mass is 32.2. The second kappa shape index (κ2) is 8.82. The highest BCUT2D eigenvalue weighted by Crippen LogP contribution is 2.27. The molecule has 3 aromatic rings. The van der Waals surface area contributed by atoms with Crippen LogP contribution in [0.2, 0.25) is 0 Å². The van der Waals surface area contributed by atoms with Crippen LogP contribution in [0.1, 0.15) is 22.7 Å². The monoisotopic (exact) mass is 414 g/mol. The zero-order valence-electron chi connectivity index (χ0n) is 15.0. The summed E-state index contributed by atoms with van der Waals surface area (Å²) in [5.41, 5.74) is 1.19. The van der Waals surface area contributed by atoms with Crippen molar-refractivity contribution in [3.05, 3.63) is 95.6 Å². The zero-order valence-corrected chi connectivity index (χ0v) is 15.8. The number of sulfonamides is 1. The molecule has 5 nitrogen and oxygen atoms in total. The molecule has 1 atom stereocenters. The molecule has 0 fully saturated rings. The van der Waals surface area contributed by atoms with E-state index in [9.17, 15) is 22.5 Å². The molecule has 0 aromatic heterocycles. The van der Waals surface area contributed by atoms with E-state index in [2.05, 4.69) is 9.46 Å². The molecular formula is C21H16F2N2O3S. The van der Waals surface area contributed by atoms with Gasteiger partial charge in [0.05, 0.1) is 16.5 Å². The van der Waals surface area contributed by atoms with E-state index in [4.69, 9.17) is 0 Å². The molecular weight excluding hydrogens is 398 g/mol. The summed E-state index contributed by atoms with van der Waals surface area (Å²) in [5, 5.41) is 9.24. The van der Waals surface area contributed by atoms with Gasteiger partial charge in [-0.25, -0.2) is 8.42 Å². The molecule has 0 amide bonds. The number of ether oxygens (including phenoxy) is 1. The average molecular weight is 414 g/mol. The highest BCUT2D eigenvalue weighted by molar-refractivity contribution is 7.89. The Morgan fingerprint density at radius 3 is 2.07 bits per heavy atom. The number of nitrogens with one attached hydrogen (secondary N) is 1. The van der Waals surface area contributed by atoms with Crippen LogP contribution in [0.4, 0.5) is 8.78 Å². The van der Waals surface area contributed by atoms with Crippen LogP contribution < -0.4 is 9.46 Å². The van der Waals surface area contributed by atoms with Gasteiger partial charge >= 0.3 is 6.61 Å². The number of rotatable bonds is 7. The lowest BCUT2D eigenvalue weighted by molar-refractivity contribution is -0.0498. The lowest BCUT2D eigenvalue weighted by Gasteiger charge is -2.20. The van der Waals surface area contributed by atoms with Crippen LogP contribution in [0.5, 0.6) is 5.75 Å². The van der Waals surface area contributed by atoms with Gasteiger partial charge in [-0.3, -0.25) is 0 Å². The van der Waals surface area contributed by atoms with Gasteiger partial charge in [-0.1, -0.05) is 54.6 Å². The maximum atomic E-state index is 13.0. The molecule has 0 radical (unpaired) electrons. The normalized spacial score (nSPS) is 12.3. The maximum Gasteiger partial charge on any atom is 0.387 e.